The van der Waals surface area contributed by atoms with Crippen molar-refractivity contribution in [2.75, 3.05) is 52.5 Å². The van der Waals surface area contributed by atoms with Crippen LogP contribution in [-0.4, -0.2) is 68.4 Å². The molecule has 9 heteroatoms. The van der Waals surface area contributed by atoms with Crippen LogP contribution < -0.4 is 15.4 Å². The van der Waals surface area contributed by atoms with E-state index in [9.17, 15) is 4.39 Å². The molecule has 1 aromatic carbocycles. The van der Waals surface area contributed by atoms with Crippen molar-refractivity contribution in [2.24, 2.45) is 4.99 Å². The molecule has 0 radical (unpaired) electrons. The number of nitrogens with zero attached hydrogens (tertiary/aromatic N) is 3. The minimum absolute atomic E-state index is 0. The van der Waals surface area contributed by atoms with Gasteiger partial charge in [-0.15, -0.1) is 24.0 Å². The van der Waals surface area contributed by atoms with Gasteiger partial charge in [-0.05, 0) is 36.8 Å². The van der Waals surface area contributed by atoms with Crippen LogP contribution in [0.15, 0.2) is 53.8 Å². The van der Waals surface area contributed by atoms with Crippen LogP contribution in [-0.2, 0) is 4.74 Å². The maximum atomic E-state index is 13.4. The highest BCUT2D eigenvalue weighted by Gasteiger charge is 2.22. The molecular formula is C22H31FIN5O2. The number of guanidine groups is 1. The first kappa shape index (κ1) is 25.3. The monoisotopic (exact) mass is 543 g/mol. The molecule has 170 valence electrons. The number of nitrogens with one attached hydrogen (secondary N) is 2. The lowest BCUT2D eigenvalue weighted by molar-refractivity contribution is 0.0179. The van der Waals surface area contributed by atoms with Gasteiger partial charge in [-0.3, -0.25) is 14.9 Å². The Morgan fingerprint density at radius 2 is 2.00 bits per heavy atom. The molecule has 1 aliphatic heterocycles. The van der Waals surface area contributed by atoms with E-state index in [-0.39, 0.29) is 35.8 Å². The second-order valence-corrected chi connectivity index (χ2v) is 6.90. The van der Waals surface area contributed by atoms with Crippen molar-refractivity contribution in [2.45, 2.75) is 13.0 Å². The molecule has 0 bridgehead atoms. The molecule has 7 nitrogen and oxygen atoms in total. The summed E-state index contributed by atoms with van der Waals surface area (Å²) in [7, 11) is 0. The number of hydrogen-bond acceptors (Lipinski definition) is 5. The molecule has 1 saturated heterocycles. The van der Waals surface area contributed by atoms with Crippen molar-refractivity contribution in [3.8, 4) is 5.75 Å². The summed E-state index contributed by atoms with van der Waals surface area (Å²) in [5.41, 5.74) is 1.05. The van der Waals surface area contributed by atoms with Gasteiger partial charge in [0.1, 0.15) is 18.2 Å². The lowest BCUT2D eigenvalue weighted by atomic mass is 10.0. The molecular weight excluding hydrogens is 512 g/mol. The lowest BCUT2D eigenvalue weighted by Crippen LogP contribution is -2.42. The number of pyridine rings is 1. The quantitative estimate of drug-likeness (QED) is 0.220. The fourth-order valence-corrected chi connectivity index (χ4v) is 3.30. The van der Waals surface area contributed by atoms with Crippen LogP contribution in [0.5, 0.6) is 5.75 Å². The number of aromatic nitrogens is 1. The van der Waals surface area contributed by atoms with Crippen LogP contribution in [0.2, 0.25) is 0 Å². The van der Waals surface area contributed by atoms with Crippen molar-refractivity contribution in [1.29, 1.82) is 0 Å². The summed E-state index contributed by atoms with van der Waals surface area (Å²) in [6.07, 6.45) is 3.40. The number of hydrogen-bond donors (Lipinski definition) is 2. The Kier molecular flexibility index (Phi) is 11.5. The van der Waals surface area contributed by atoms with E-state index in [1.165, 1.54) is 12.1 Å². The van der Waals surface area contributed by atoms with Gasteiger partial charge in [-0.1, -0.05) is 12.1 Å². The fraction of sp³-hybridized carbons (Fsp3) is 0.455. The third-order valence-electron chi connectivity index (χ3n) is 4.81. The highest BCUT2D eigenvalue weighted by molar-refractivity contribution is 14.0. The van der Waals surface area contributed by atoms with Gasteiger partial charge < -0.3 is 20.1 Å². The van der Waals surface area contributed by atoms with Crippen LogP contribution in [0.4, 0.5) is 4.39 Å². The number of morpholine rings is 1. The Morgan fingerprint density at radius 1 is 1.23 bits per heavy atom. The smallest absolute Gasteiger partial charge is 0.191 e. The van der Waals surface area contributed by atoms with Crippen LogP contribution in [0, 0.1) is 5.82 Å². The van der Waals surface area contributed by atoms with Crippen molar-refractivity contribution < 1.29 is 13.9 Å². The van der Waals surface area contributed by atoms with Gasteiger partial charge in [0.2, 0.25) is 0 Å². The zero-order valence-corrected chi connectivity index (χ0v) is 20.1. The molecule has 0 aliphatic carbocycles. The zero-order valence-electron chi connectivity index (χ0n) is 17.8. The first-order chi connectivity index (χ1) is 14.8. The van der Waals surface area contributed by atoms with E-state index in [1.807, 2.05) is 31.2 Å². The average Bonchev–Trinajstić information content (AvgIpc) is 2.79. The third kappa shape index (κ3) is 8.58. The normalized spacial score (nSPS) is 15.6. The molecule has 1 unspecified atom stereocenters. The van der Waals surface area contributed by atoms with Crippen LogP contribution in [0.25, 0.3) is 0 Å². The van der Waals surface area contributed by atoms with Crippen molar-refractivity contribution in [3.63, 3.8) is 0 Å². The third-order valence-corrected chi connectivity index (χ3v) is 4.81. The Balaban J connectivity index is 0.00000341. The predicted octanol–water partition coefficient (Wildman–Crippen LogP) is 2.85. The summed E-state index contributed by atoms with van der Waals surface area (Å²) in [6.45, 7) is 7.53. The molecule has 2 heterocycles. The second-order valence-electron chi connectivity index (χ2n) is 6.90. The van der Waals surface area contributed by atoms with Gasteiger partial charge in [0, 0.05) is 25.8 Å². The van der Waals surface area contributed by atoms with Gasteiger partial charge in [0.05, 0.1) is 38.5 Å². The Morgan fingerprint density at radius 3 is 2.68 bits per heavy atom. The van der Waals surface area contributed by atoms with Crippen molar-refractivity contribution in [3.05, 3.63) is 60.2 Å². The highest BCUT2D eigenvalue weighted by Crippen LogP contribution is 2.22. The largest absolute Gasteiger partial charge is 0.490 e. The minimum atomic E-state index is -0.230. The van der Waals surface area contributed by atoms with Crippen molar-refractivity contribution >= 4 is 29.9 Å². The molecule has 1 aliphatic rings. The molecule has 0 amide bonds. The fourth-order valence-electron chi connectivity index (χ4n) is 3.30. The Hall–Kier alpha value is -1.98. The van der Waals surface area contributed by atoms with Crippen LogP contribution >= 0.6 is 24.0 Å². The molecule has 1 fully saturated rings. The SMILES string of the molecule is CCNC(=NCC(c1ccc(F)cc1)N1CCOCC1)NCCOc1cccnc1.I. The molecule has 2 aromatic rings. The first-order valence-corrected chi connectivity index (χ1v) is 10.4. The van der Waals surface area contributed by atoms with Gasteiger partial charge in [-0.2, -0.15) is 0 Å². The summed E-state index contributed by atoms with van der Waals surface area (Å²) < 4.78 is 24.6. The molecule has 2 N–H and O–H groups in total. The molecule has 31 heavy (non-hydrogen) atoms. The number of benzene rings is 1. The van der Waals surface area contributed by atoms with E-state index < -0.39 is 0 Å². The summed E-state index contributed by atoms with van der Waals surface area (Å²) in [4.78, 5) is 11.2. The molecule has 3 rings (SSSR count). The maximum absolute atomic E-state index is 13.4. The van der Waals surface area contributed by atoms with Gasteiger partial charge >= 0.3 is 0 Å². The lowest BCUT2D eigenvalue weighted by Gasteiger charge is -2.34. The van der Waals surface area contributed by atoms with E-state index in [0.29, 0.717) is 32.9 Å². The topological polar surface area (TPSA) is 71.0 Å². The van der Waals surface area contributed by atoms with E-state index in [0.717, 1.165) is 36.9 Å². The number of halogens is 2. The average molecular weight is 543 g/mol. The van der Waals surface area contributed by atoms with Crippen molar-refractivity contribution in [1.82, 2.24) is 20.5 Å². The van der Waals surface area contributed by atoms with Gasteiger partial charge in [0.25, 0.3) is 0 Å². The number of aliphatic imine (C=N–C) groups is 1. The van der Waals surface area contributed by atoms with E-state index >= 15 is 0 Å². The summed E-state index contributed by atoms with van der Waals surface area (Å²) in [6, 6.07) is 10.5. The molecule has 0 saturated carbocycles. The standard InChI is InChI=1S/C22H30FN5O2.HI/c1-2-25-22(26-10-13-30-20-4-3-9-24-16-20)27-17-21(28-11-14-29-15-12-28)18-5-7-19(23)8-6-18;/h3-9,16,21H,2,10-15,17H2,1H3,(H2,25,26,27);1H. The van der Waals surface area contributed by atoms with Crippen LogP contribution in [0.3, 0.4) is 0 Å². The summed E-state index contributed by atoms with van der Waals surface area (Å²) in [5.74, 6) is 1.24. The number of rotatable bonds is 9. The zero-order chi connectivity index (χ0) is 21.0. The van der Waals surface area contributed by atoms with E-state index in [1.54, 1.807) is 12.4 Å². The number of ether oxygens (including phenoxy) is 2. The minimum Gasteiger partial charge on any atom is -0.490 e. The van der Waals surface area contributed by atoms with Crippen LogP contribution in [0.1, 0.15) is 18.5 Å². The maximum Gasteiger partial charge on any atom is 0.191 e. The molecule has 1 aromatic heterocycles. The summed E-state index contributed by atoms with van der Waals surface area (Å²) in [5, 5.41) is 6.57. The van der Waals surface area contributed by atoms with Gasteiger partial charge in [-0.25, -0.2) is 4.39 Å². The Labute approximate surface area is 200 Å². The molecule has 0 spiro atoms. The highest BCUT2D eigenvalue weighted by atomic mass is 127. The molecule has 1 atom stereocenters. The van der Waals surface area contributed by atoms with Gasteiger partial charge in [0.15, 0.2) is 5.96 Å². The second kappa shape index (κ2) is 14.2. The summed E-state index contributed by atoms with van der Waals surface area (Å²) >= 11 is 0. The van der Waals surface area contributed by atoms with E-state index in [2.05, 4.69) is 20.5 Å². The van der Waals surface area contributed by atoms with E-state index in [4.69, 9.17) is 14.5 Å². The Bertz CT molecular complexity index is 773. The first-order valence-electron chi connectivity index (χ1n) is 10.4. The predicted molar refractivity (Wildman–Crippen MR) is 131 cm³/mol.